The molecule has 0 bridgehead atoms. The van der Waals surface area contributed by atoms with Crippen molar-refractivity contribution in [1.29, 1.82) is 0 Å². The van der Waals surface area contributed by atoms with Crippen molar-refractivity contribution in [3.63, 3.8) is 0 Å². The Hall–Kier alpha value is -3.05. The molecule has 1 heterocycles. The highest BCUT2D eigenvalue weighted by Crippen LogP contribution is 2.23. The van der Waals surface area contributed by atoms with Crippen LogP contribution in [0.1, 0.15) is 28.6 Å². The molecule has 1 N–H and O–H groups in total. The normalized spacial score (nSPS) is 10.6. The first-order chi connectivity index (χ1) is 13.7. The van der Waals surface area contributed by atoms with Crippen molar-refractivity contribution in [2.24, 2.45) is 0 Å². The van der Waals surface area contributed by atoms with Crippen LogP contribution in [0.3, 0.4) is 0 Å². The van der Waals surface area contributed by atoms with Gasteiger partial charge in [-0.1, -0.05) is 24.3 Å². The number of carbonyl (C=O) groups excluding carboxylic acids is 1. The smallest absolute Gasteiger partial charge is 0.338 e. The summed E-state index contributed by atoms with van der Waals surface area (Å²) in [4.78, 5) is 11.7. The van der Waals surface area contributed by atoms with E-state index in [1.165, 1.54) is 5.56 Å². The monoisotopic (exact) mass is 379 g/mol. The van der Waals surface area contributed by atoms with Crippen molar-refractivity contribution in [1.82, 2.24) is 5.32 Å². The van der Waals surface area contributed by atoms with E-state index in [0.29, 0.717) is 18.7 Å². The summed E-state index contributed by atoms with van der Waals surface area (Å²) in [5.41, 5.74) is 2.73. The third-order valence-corrected chi connectivity index (χ3v) is 4.39. The maximum Gasteiger partial charge on any atom is 0.338 e. The van der Waals surface area contributed by atoms with Crippen LogP contribution in [0.25, 0.3) is 11.3 Å². The van der Waals surface area contributed by atoms with Gasteiger partial charge in [-0.15, -0.1) is 0 Å². The van der Waals surface area contributed by atoms with Crippen LogP contribution in [-0.2, 0) is 17.7 Å². The minimum atomic E-state index is -0.310. The molecule has 2 aromatic carbocycles. The van der Waals surface area contributed by atoms with Crippen LogP contribution in [0.2, 0.25) is 0 Å². The van der Waals surface area contributed by atoms with Crippen LogP contribution in [0.15, 0.2) is 65.1 Å². The van der Waals surface area contributed by atoms with Crippen LogP contribution in [0.5, 0.6) is 5.75 Å². The molecule has 28 heavy (non-hydrogen) atoms. The van der Waals surface area contributed by atoms with Gasteiger partial charge in [-0.3, -0.25) is 0 Å². The first kappa shape index (κ1) is 19.7. The Kier molecular flexibility index (Phi) is 6.87. The molecule has 3 aromatic rings. The van der Waals surface area contributed by atoms with Crippen LogP contribution in [0, 0.1) is 0 Å². The predicted octanol–water partition coefficient (Wildman–Crippen LogP) is 4.46. The van der Waals surface area contributed by atoms with E-state index in [0.717, 1.165) is 35.8 Å². The molecule has 0 amide bonds. The SMILES string of the molecule is CCOC(=O)c1ccc(-c2ccc(CNCCc3ccc(OC)cc3)o2)cc1. The summed E-state index contributed by atoms with van der Waals surface area (Å²) in [7, 11) is 1.67. The Morgan fingerprint density at radius 3 is 2.43 bits per heavy atom. The zero-order valence-electron chi connectivity index (χ0n) is 16.2. The van der Waals surface area contributed by atoms with E-state index < -0.39 is 0 Å². The van der Waals surface area contributed by atoms with E-state index in [1.807, 2.05) is 36.4 Å². The van der Waals surface area contributed by atoms with E-state index in [9.17, 15) is 4.79 Å². The summed E-state index contributed by atoms with van der Waals surface area (Å²) in [6.07, 6.45) is 0.937. The van der Waals surface area contributed by atoms with E-state index >= 15 is 0 Å². The Morgan fingerprint density at radius 1 is 1.00 bits per heavy atom. The molecular weight excluding hydrogens is 354 g/mol. The number of methoxy groups -OCH3 is 1. The molecule has 0 aliphatic carbocycles. The predicted molar refractivity (Wildman–Crippen MR) is 109 cm³/mol. The third-order valence-electron chi connectivity index (χ3n) is 4.39. The van der Waals surface area contributed by atoms with Gasteiger partial charge in [0.15, 0.2) is 0 Å². The molecule has 0 saturated heterocycles. The van der Waals surface area contributed by atoms with Crippen molar-refractivity contribution in [3.8, 4) is 17.1 Å². The van der Waals surface area contributed by atoms with E-state index in [-0.39, 0.29) is 5.97 Å². The average Bonchev–Trinajstić information content (AvgIpc) is 3.21. The van der Waals surface area contributed by atoms with Crippen LogP contribution in [-0.4, -0.2) is 26.2 Å². The summed E-state index contributed by atoms with van der Waals surface area (Å²) >= 11 is 0. The summed E-state index contributed by atoms with van der Waals surface area (Å²) in [6, 6.07) is 19.2. The number of furan rings is 1. The van der Waals surface area contributed by atoms with Gasteiger partial charge in [-0.05, 0) is 61.9 Å². The van der Waals surface area contributed by atoms with Crippen molar-refractivity contribution in [2.45, 2.75) is 19.9 Å². The quantitative estimate of drug-likeness (QED) is 0.439. The third kappa shape index (κ3) is 5.24. The summed E-state index contributed by atoms with van der Waals surface area (Å²) in [5, 5.41) is 3.40. The van der Waals surface area contributed by atoms with Gasteiger partial charge in [-0.2, -0.15) is 0 Å². The lowest BCUT2D eigenvalue weighted by molar-refractivity contribution is 0.0526. The molecule has 0 saturated carbocycles. The number of ether oxygens (including phenoxy) is 2. The number of hydrogen-bond acceptors (Lipinski definition) is 5. The number of hydrogen-bond donors (Lipinski definition) is 1. The number of carbonyl (C=O) groups is 1. The molecule has 0 aliphatic rings. The van der Waals surface area contributed by atoms with Crippen LogP contribution in [0.4, 0.5) is 0 Å². The molecule has 5 heteroatoms. The van der Waals surface area contributed by atoms with Gasteiger partial charge in [0.05, 0.1) is 25.8 Å². The minimum absolute atomic E-state index is 0.310. The zero-order valence-corrected chi connectivity index (χ0v) is 16.2. The van der Waals surface area contributed by atoms with Crippen molar-refractivity contribution in [3.05, 3.63) is 77.6 Å². The fourth-order valence-corrected chi connectivity index (χ4v) is 2.85. The number of esters is 1. The van der Waals surface area contributed by atoms with E-state index in [1.54, 1.807) is 26.2 Å². The van der Waals surface area contributed by atoms with E-state index in [4.69, 9.17) is 13.9 Å². The molecule has 0 atom stereocenters. The topological polar surface area (TPSA) is 60.7 Å². The molecule has 0 spiro atoms. The van der Waals surface area contributed by atoms with Gasteiger partial charge >= 0.3 is 5.97 Å². The lowest BCUT2D eigenvalue weighted by Gasteiger charge is -2.05. The van der Waals surface area contributed by atoms with Crippen LogP contribution >= 0.6 is 0 Å². The van der Waals surface area contributed by atoms with Crippen molar-refractivity contribution < 1.29 is 18.7 Å². The Labute approximate surface area is 165 Å². The fourth-order valence-electron chi connectivity index (χ4n) is 2.85. The Balaban J connectivity index is 1.49. The first-order valence-corrected chi connectivity index (χ1v) is 9.39. The largest absolute Gasteiger partial charge is 0.497 e. The molecule has 0 aliphatic heterocycles. The molecule has 0 unspecified atom stereocenters. The number of nitrogens with one attached hydrogen (secondary N) is 1. The number of benzene rings is 2. The highest BCUT2D eigenvalue weighted by atomic mass is 16.5. The Morgan fingerprint density at radius 2 is 1.75 bits per heavy atom. The highest BCUT2D eigenvalue weighted by molar-refractivity contribution is 5.89. The molecule has 1 aromatic heterocycles. The second kappa shape index (κ2) is 9.76. The minimum Gasteiger partial charge on any atom is -0.497 e. The second-order valence-electron chi connectivity index (χ2n) is 6.34. The van der Waals surface area contributed by atoms with Gasteiger partial charge in [-0.25, -0.2) is 4.79 Å². The maximum absolute atomic E-state index is 11.7. The standard InChI is InChI=1S/C23H25NO4/c1-3-27-23(25)19-8-6-18(7-9-19)22-13-12-21(28-22)16-24-15-14-17-4-10-20(26-2)11-5-17/h4-13,24H,3,14-16H2,1-2H3. The van der Waals surface area contributed by atoms with Crippen molar-refractivity contribution in [2.75, 3.05) is 20.3 Å². The summed E-state index contributed by atoms with van der Waals surface area (Å²) in [6.45, 7) is 3.68. The fraction of sp³-hybridized carbons (Fsp3) is 0.261. The number of rotatable bonds is 9. The zero-order chi connectivity index (χ0) is 19.8. The van der Waals surface area contributed by atoms with Crippen molar-refractivity contribution >= 4 is 5.97 Å². The molecule has 146 valence electrons. The highest BCUT2D eigenvalue weighted by Gasteiger charge is 2.09. The lowest BCUT2D eigenvalue weighted by Crippen LogP contribution is -2.16. The first-order valence-electron chi connectivity index (χ1n) is 9.39. The lowest BCUT2D eigenvalue weighted by atomic mass is 10.1. The van der Waals surface area contributed by atoms with Gasteiger partial charge in [0.25, 0.3) is 0 Å². The molecule has 0 fully saturated rings. The van der Waals surface area contributed by atoms with Gasteiger partial charge in [0.2, 0.25) is 0 Å². The average molecular weight is 379 g/mol. The van der Waals surface area contributed by atoms with Crippen LogP contribution < -0.4 is 10.1 Å². The maximum atomic E-state index is 11.7. The van der Waals surface area contributed by atoms with Gasteiger partial charge in [0.1, 0.15) is 17.3 Å². The molecule has 5 nitrogen and oxygen atoms in total. The van der Waals surface area contributed by atoms with Gasteiger partial charge < -0.3 is 19.2 Å². The molecule has 0 radical (unpaired) electrons. The van der Waals surface area contributed by atoms with Gasteiger partial charge in [0, 0.05) is 5.56 Å². The Bertz CT molecular complexity index is 882. The second-order valence-corrected chi connectivity index (χ2v) is 6.34. The molecular formula is C23H25NO4. The summed E-state index contributed by atoms with van der Waals surface area (Å²) in [5.74, 6) is 2.21. The molecule has 3 rings (SSSR count). The van der Waals surface area contributed by atoms with E-state index in [2.05, 4.69) is 17.4 Å². The summed E-state index contributed by atoms with van der Waals surface area (Å²) < 4.78 is 16.1.